The Labute approximate surface area is 148 Å². The van der Waals surface area contributed by atoms with Crippen molar-refractivity contribution in [2.24, 2.45) is 0 Å². The van der Waals surface area contributed by atoms with E-state index in [2.05, 4.69) is 17.3 Å². The van der Waals surface area contributed by atoms with Crippen LogP contribution in [0.2, 0.25) is 0 Å². The molecule has 0 aliphatic carbocycles. The number of nitrogens with one attached hydrogen (secondary N) is 1. The Morgan fingerprint density at radius 2 is 1.80 bits per heavy atom. The van der Waals surface area contributed by atoms with Crippen molar-refractivity contribution in [2.75, 3.05) is 13.7 Å². The van der Waals surface area contributed by atoms with Crippen LogP contribution in [0.1, 0.15) is 38.2 Å². The third-order valence-electron chi connectivity index (χ3n) is 5.37. The Morgan fingerprint density at radius 1 is 1.16 bits per heavy atom. The highest BCUT2D eigenvalue weighted by Gasteiger charge is 2.53. The molecular formula is C19H26N2O4. The minimum Gasteiger partial charge on any atom is -0.464 e. The first-order chi connectivity index (χ1) is 12.0. The molecule has 0 radical (unpaired) electrons. The second-order valence-electron chi connectivity index (χ2n) is 6.95. The van der Waals surface area contributed by atoms with E-state index in [0.717, 1.165) is 18.4 Å². The van der Waals surface area contributed by atoms with Crippen LogP contribution < -0.4 is 5.32 Å². The fraction of sp³-hybridized carbons (Fsp3) is 0.579. The summed E-state index contributed by atoms with van der Waals surface area (Å²) in [7, 11) is 2.09. The van der Waals surface area contributed by atoms with Gasteiger partial charge in [0.1, 0.15) is 12.1 Å². The minimum absolute atomic E-state index is 0.179. The number of hydrogen-bond donors (Lipinski definition) is 1. The van der Waals surface area contributed by atoms with Crippen molar-refractivity contribution in [3.8, 4) is 0 Å². The molecule has 25 heavy (non-hydrogen) atoms. The molecule has 1 aromatic carbocycles. The van der Waals surface area contributed by atoms with Gasteiger partial charge in [-0.1, -0.05) is 30.3 Å². The molecular weight excluding hydrogens is 320 g/mol. The summed E-state index contributed by atoms with van der Waals surface area (Å²) in [6, 6.07) is 10.1. The van der Waals surface area contributed by atoms with Crippen LogP contribution in [-0.2, 0) is 20.9 Å². The molecule has 2 fully saturated rings. The molecule has 2 heterocycles. The molecule has 0 aromatic heterocycles. The van der Waals surface area contributed by atoms with E-state index in [1.54, 1.807) is 6.92 Å². The Hall–Kier alpha value is -2.08. The van der Waals surface area contributed by atoms with Gasteiger partial charge in [0.05, 0.1) is 6.61 Å². The smallest absolute Gasteiger partial charge is 0.408 e. The summed E-state index contributed by atoms with van der Waals surface area (Å²) in [6.45, 7) is 2.26. The van der Waals surface area contributed by atoms with E-state index in [9.17, 15) is 9.59 Å². The van der Waals surface area contributed by atoms with Crippen molar-refractivity contribution in [1.82, 2.24) is 10.2 Å². The van der Waals surface area contributed by atoms with Gasteiger partial charge < -0.3 is 19.7 Å². The number of fused-ring (bicyclic) bond motifs is 2. The molecule has 1 N–H and O–H groups in total. The zero-order valence-corrected chi connectivity index (χ0v) is 14.9. The summed E-state index contributed by atoms with van der Waals surface area (Å²) in [5.41, 5.74) is -0.0754. The molecule has 3 rings (SSSR count). The first-order valence-electron chi connectivity index (χ1n) is 8.92. The normalized spacial score (nSPS) is 28.4. The van der Waals surface area contributed by atoms with E-state index in [0.29, 0.717) is 19.4 Å². The number of ether oxygens (including phenoxy) is 2. The van der Waals surface area contributed by atoms with E-state index < -0.39 is 11.6 Å². The first kappa shape index (κ1) is 17.7. The molecule has 2 saturated heterocycles. The molecule has 6 nitrogen and oxygen atoms in total. The van der Waals surface area contributed by atoms with Crippen molar-refractivity contribution in [2.45, 2.75) is 56.8 Å². The second kappa shape index (κ2) is 7.44. The molecule has 2 aliphatic rings. The lowest BCUT2D eigenvalue weighted by Gasteiger charge is -2.43. The van der Waals surface area contributed by atoms with Gasteiger partial charge in [-0.2, -0.15) is 0 Å². The van der Waals surface area contributed by atoms with E-state index in [1.165, 1.54) is 0 Å². The third kappa shape index (κ3) is 3.79. The van der Waals surface area contributed by atoms with Gasteiger partial charge in [0.15, 0.2) is 0 Å². The molecule has 1 aromatic rings. The van der Waals surface area contributed by atoms with Gasteiger partial charge in [-0.05, 0) is 45.2 Å². The largest absolute Gasteiger partial charge is 0.464 e. The van der Waals surface area contributed by atoms with E-state index >= 15 is 0 Å². The van der Waals surface area contributed by atoms with E-state index in [-0.39, 0.29) is 24.7 Å². The van der Waals surface area contributed by atoms with E-state index in [1.807, 2.05) is 30.3 Å². The van der Waals surface area contributed by atoms with Crippen LogP contribution in [0.25, 0.3) is 0 Å². The monoisotopic (exact) mass is 346 g/mol. The number of nitrogens with zero attached hydrogens (tertiary/aromatic N) is 1. The number of benzene rings is 1. The van der Waals surface area contributed by atoms with Crippen molar-refractivity contribution in [1.29, 1.82) is 0 Å². The number of esters is 1. The summed E-state index contributed by atoms with van der Waals surface area (Å²) in [6.07, 6.45) is 2.66. The van der Waals surface area contributed by atoms with Crippen LogP contribution in [0.3, 0.4) is 0 Å². The molecule has 2 unspecified atom stereocenters. The van der Waals surface area contributed by atoms with Crippen LogP contribution in [0.4, 0.5) is 4.79 Å². The van der Waals surface area contributed by atoms with Gasteiger partial charge in [0, 0.05) is 12.1 Å². The molecule has 0 spiro atoms. The standard InChI is InChI=1S/C19H26N2O4/c1-3-24-17(22)19(11-15-9-10-16(12-19)21(15)2)20-18(23)25-13-14-7-5-4-6-8-14/h4-8,15-16H,3,9-13H2,1-2H3,(H,20,23). The number of carbonyl (C=O) groups excluding carboxylic acids is 2. The average molecular weight is 346 g/mol. The van der Waals surface area contributed by atoms with Gasteiger partial charge in [-0.15, -0.1) is 0 Å². The topological polar surface area (TPSA) is 67.9 Å². The van der Waals surface area contributed by atoms with Crippen LogP contribution in [0.5, 0.6) is 0 Å². The summed E-state index contributed by atoms with van der Waals surface area (Å²) < 4.78 is 10.6. The van der Waals surface area contributed by atoms with Crippen molar-refractivity contribution < 1.29 is 19.1 Å². The van der Waals surface area contributed by atoms with E-state index in [4.69, 9.17) is 9.47 Å². The fourth-order valence-corrected chi connectivity index (χ4v) is 4.01. The highest BCUT2D eigenvalue weighted by molar-refractivity contribution is 5.86. The number of amides is 1. The molecule has 136 valence electrons. The molecule has 1 amide bonds. The number of hydrogen-bond acceptors (Lipinski definition) is 5. The molecule has 0 saturated carbocycles. The van der Waals surface area contributed by atoms with Gasteiger partial charge in [0.25, 0.3) is 0 Å². The maximum Gasteiger partial charge on any atom is 0.408 e. The summed E-state index contributed by atoms with van der Waals surface area (Å²) in [4.78, 5) is 27.3. The second-order valence-corrected chi connectivity index (χ2v) is 6.95. The lowest BCUT2D eigenvalue weighted by molar-refractivity contribution is -0.154. The van der Waals surface area contributed by atoms with Crippen molar-refractivity contribution >= 4 is 12.1 Å². The van der Waals surface area contributed by atoms with Crippen LogP contribution in [0.15, 0.2) is 30.3 Å². The minimum atomic E-state index is -0.984. The number of carbonyl (C=O) groups is 2. The van der Waals surface area contributed by atoms with Gasteiger partial charge in [0.2, 0.25) is 0 Å². The molecule has 2 bridgehead atoms. The van der Waals surface area contributed by atoms with Crippen LogP contribution in [0, 0.1) is 0 Å². The quantitative estimate of drug-likeness (QED) is 0.830. The Kier molecular flexibility index (Phi) is 5.27. The van der Waals surface area contributed by atoms with Gasteiger partial charge >= 0.3 is 12.1 Å². The maximum atomic E-state index is 12.6. The number of alkyl carbamates (subject to hydrolysis) is 1. The summed E-state index contributed by atoms with van der Waals surface area (Å²) in [5, 5.41) is 2.85. The molecule has 2 aliphatic heterocycles. The highest BCUT2D eigenvalue weighted by Crippen LogP contribution is 2.40. The predicted molar refractivity (Wildman–Crippen MR) is 92.9 cm³/mol. The summed E-state index contributed by atoms with van der Waals surface area (Å²) in [5.74, 6) is -0.350. The lowest BCUT2D eigenvalue weighted by Crippen LogP contribution is -2.63. The Bertz CT molecular complexity index is 605. The predicted octanol–water partition coefficient (Wildman–Crippen LogP) is 2.47. The number of piperidine rings is 1. The molecule has 6 heteroatoms. The van der Waals surface area contributed by atoms with Gasteiger partial charge in [-0.3, -0.25) is 0 Å². The fourth-order valence-electron chi connectivity index (χ4n) is 4.01. The van der Waals surface area contributed by atoms with Crippen molar-refractivity contribution in [3.63, 3.8) is 0 Å². The summed E-state index contributed by atoms with van der Waals surface area (Å²) >= 11 is 0. The zero-order valence-electron chi connectivity index (χ0n) is 14.9. The SMILES string of the molecule is CCOC(=O)C1(NC(=O)OCc2ccccc2)CC2CCC(C1)N2C. The Balaban J connectivity index is 1.68. The third-order valence-corrected chi connectivity index (χ3v) is 5.37. The maximum absolute atomic E-state index is 12.6. The van der Waals surface area contributed by atoms with Gasteiger partial charge in [-0.25, -0.2) is 9.59 Å². The molecule has 2 atom stereocenters. The average Bonchev–Trinajstić information content (AvgIpc) is 2.83. The highest BCUT2D eigenvalue weighted by atomic mass is 16.6. The number of rotatable bonds is 5. The first-order valence-corrected chi connectivity index (χ1v) is 8.92. The zero-order chi connectivity index (χ0) is 17.9. The van der Waals surface area contributed by atoms with Crippen molar-refractivity contribution in [3.05, 3.63) is 35.9 Å². The van der Waals surface area contributed by atoms with Crippen LogP contribution >= 0.6 is 0 Å². The lowest BCUT2D eigenvalue weighted by atomic mass is 9.83. The Morgan fingerprint density at radius 3 is 2.40 bits per heavy atom. The van der Waals surface area contributed by atoms with Crippen LogP contribution in [-0.4, -0.2) is 48.2 Å².